The predicted molar refractivity (Wildman–Crippen MR) is 154 cm³/mol. The largest absolute Gasteiger partial charge is 0.497 e. The van der Waals surface area contributed by atoms with Gasteiger partial charge in [0.2, 0.25) is 17.7 Å². The molecule has 3 fully saturated rings. The van der Waals surface area contributed by atoms with Crippen molar-refractivity contribution >= 4 is 23.5 Å². The van der Waals surface area contributed by atoms with Crippen LogP contribution in [0, 0.1) is 0 Å². The van der Waals surface area contributed by atoms with E-state index in [1.807, 2.05) is 35.2 Å². The Morgan fingerprint density at radius 3 is 2.33 bits per heavy atom. The molecule has 3 amide bonds. The Morgan fingerprint density at radius 2 is 1.72 bits per heavy atom. The third-order valence-corrected chi connectivity index (χ3v) is 8.38. The quantitative estimate of drug-likeness (QED) is 0.246. The van der Waals surface area contributed by atoms with Gasteiger partial charge in [-0.25, -0.2) is 0 Å². The second-order valence-electron chi connectivity index (χ2n) is 11.4. The van der Waals surface area contributed by atoms with Crippen molar-refractivity contribution in [2.45, 2.75) is 55.7 Å². The van der Waals surface area contributed by atoms with Crippen molar-refractivity contribution in [1.29, 1.82) is 0 Å². The Labute approximate surface area is 250 Å². The van der Waals surface area contributed by atoms with E-state index in [4.69, 9.17) is 14.2 Å². The van der Waals surface area contributed by atoms with Gasteiger partial charge in [0, 0.05) is 19.5 Å². The van der Waals surface area contributed by atoms with Crippen molar-refractivity contribution in [3.63, 3.8) is 0 Å². The van der Waals surface area contributed by atoms with Crippen LogP contribution in [0.2, 0.25) is 0 Å². The number of benzene rings is 2. The summed E-state index contributed by atoms with van der Waals surface area (Å²) in [5, 5.41) is 19.5. The maximum absolute atomic E-state index is 13.9. The van der Waals surface area contributed by atoms with Gasteiger partial charge in [0.15, 0.2) is 11.4 Å². The molecule has 0 aromatic heterocycles. The first kappa shape index (κ1) is 30.6. The van der Waals surface area contributed by atoms with Crippen molar-refractivity contribution in [3.8, 4) is 5.75 Å². The number of morpholine rings is 1. The number of aliphatic hydroxyl groups is 1. The number of carbonyl (C=O) groups excluding carboxylic acids is 4. The molecule has 6 atom stereocenters. The predicted octanol–water partition coefficient (Wildman–Crippen LogP) is -0.112. The van der Waals surface area contributed by atoms with Crippen molar-refractivity contribution in [2.75, 3.05) is 40.0 Å². The number of rotatable bonds is 12. The number of ketones is 1. The molecule has 2 aliphatic heterocycles. The van der Waals surface area contributed by atoms with Crippen LogP contribution in [0.5, 0.6) is 5.75 Å². The Bertz CT molecular complexity index is 1350. The maximum atomic E-state index is 13.9. The Hall–Kier alpha value is -3.84. The number of carbonyl (C=O) groups is 4. The zero-order valence-corrected chi connectivity index (χ0v) is 24.5. The SMILES string of the molecule is COc1ccc([C@@H](O)[C@H](NC(=O)[C@H](C)NC(=O)CN2CCOCC2)C(=O)N[C@@]2(Cc3ccccc3)C(=O)[C@]3(C)OC23)cc1. The maximum Gasteiger partial charge on any atom is 0.246 e. The van der Waals surface area contributed by atoms with E-state index < -0.39 is 47.2 Å². The van der Waals surface area contributed by atoms with Crippen LogP contribution in [0.25, 0.3) is 0 Å². The van der Waals surface area contributed by atoms with Gasteiger partial charge in [-0.1, -0.05) is 42.5 Å². The molecular formula is C31H38N4O8. The van der Waals surface area contributed by atoms with E-state index in [1.165, 1.54) is 14.0 Å². The number of aliphatic hydroxyl groups excluding tert-OH is 1. The molecule has 0 radical (unpaired) electrons. The summed E-state index contributed by atoms with van der Waals surface area (Å²) in [4.78, 5) is 55.1. The minimum Gasteiger partial charge on any atom is -0.497 e. The fourth-order valence-corrected chi connectivity index (χ4v) is 5.87. The number of nitrogens with one attached hydrogen (secondary N) is 3. The smallest absolute Gasteiger partial charge is 0.246 e. The second kappa shape index (κ2) is 12.4. The van der Waals surface area contributed by atoms with E-state index in [0.717, 1.165) is 5.56 Å². The molecule has 2 aromatic rings. The molecule has 1 aliphatic carbocycles. The molecule has 4 N–H and O–H groups in total. The van der Waals surface area contributed by atoms with E-state index >= 15 is 0 Å². The summed E-state index contributed by atoms with van der Waals surface area (Å²) in [5.74, 6) is -1.51. The molecule has 43 heavy (non-hydrogen) atoms. The number of hydrogen-bond acceptors (Lipinski definition) is 9. The molecule has 3 aliphatic rings. The van der Waals surface area contributed by atoms with Crippen molar-refractivity contribution in [1.82, 2.24) is 20.9 Å². The normalized spacial score (nSPS) is 26.6. The minimum atomic E-state index is -1.49. The van der Waals surface area contributed by atoms with E-state index in [1.54, 1.807) is 31.2 Å². The van der Waals surface area contributed by atoms with Crippen LogP contribution < -0.4 is 20.7 Å². The van der Waals surface area contributed by atoms with E-state index in [9.17, 15) is 24.3 Å². The molecule has 2 heterocycles. The number of ether oxygens (including phenoxy) is 3. The fourth-order valence-electron chi connectivity index (χ4n) is 5.87. The lowest BCUT2D eigenvalue weighted by Crippen LogP contribution is -2.73. The van der Waals surface area contributed by atoms with Crippen molar-refractivity contribution in [3.05, 3.63) is 65.7 Å². The highest BCUT2D eigenvalue weighted by molar-refractivity contribution is 6.10. The summed E-state index contributed by atoms with van der Waals surface area (Å²) in [5.41, 5.74) is -1.15. The summed E-state index contributed by atoms with van der Waals surface area (Å²) in [6.07, 6.45) is -1.84. The molecule has 2 aromatic carbocycles. The molecular weight excluding hydrogens is 556 g/mol. The lowest BCUT2D eigenvalue weighted by molar-refractivity contribution is -0.141. The molecule has 1 unspecified atom stereocenters. The average Bonchev–Trinajstić information content (AvgIpc) is 3.68. The summed E-state index contributed by atoms with van der Waals surface area (Å²) in [6.45, 7) is 5.56. The first-order valence-electron chi connectivity index (χ1n) is 14.4. The van der Waals surface area contributed by atoms with Gasteiger partial charge >= 0.3 is 0 Å². The number of epoxide rings is 1. The van der Waals surface area contributed by atoms with Gasteiger partial charge in [0.25, 0.3) is 0 Å². The van der Waals surface area contributed by atoms with Gasteiger partial charge < -0.3 is 35.3 Å². The van der Waals surface area contributed by atoms with Crippen LogP contribution in [-0.2, 0) is 35.1 Å². The van der Waals surface area contributed by atoms with Crippen LogP contribution in [0.3, 0.4) is 0 Å². The van der Waals surface area contributed by atoms with Crippen LogP contribution in [0.1, 0.15) is 31.1 Å². The van der Waals surface area contributed by atoms with Gasteiger partial charge in [0.05, 0.1) is 26.9 Å². The number of hydrogen-bond donors (Lipinski definition) is 4. The molecule has 2 saturated heterocycles. The van der Waals surface area contributed by atoms with Gasteiger partial charge in [0.1, 0.15) is 35.6 Å². The summed E-state index contributed by atoms with van der Waals surface area (Å²) < 4.78 is 16.2. The molecule has 5 rings (SSSR count). The Morgan fingerprint density at radius 1 is 1.05 bits per heavy atom. The first-order chi connectivity index (χ1) is 20.6. The summed E-state index contributed by atoms with van der Waals surface area (Å²) >= 11 is 0. The van der Waals surface area contributed by atoms with Crippen LogP contribution in [0.15, 0.2) is 54.6 Å². The molecule has 0 spiro atoms. The first-order valence-corrected chi connectivity index (χ1v) is 14.4. The Kier molecular flexibility index (Phi) is 8.84. The second-order valence-corrected chi connectivity index (χ2v) is 11.4. The highest BCUT2D eigenvalue weighted by Crippen LogP contribution is 2.57. The third-order valence-electron chi connectivity index (χ3n) is 8.38. The highest BCUT2D eigenvalue weighted by atomic mass is 16.6. The molecule has 12 nitrogen and oxygen atoms in total. The van der Waals surface area contributed by atoms with Crippen LogP contribution >= 0.6 is 0 Å². The summed E-state index contributed by atoms with van der Waals surface area (Å²) in [6, 6.07) is 13.1. The van der Waals surface area contributed by atoms with Gasteiger partial charge in [-0.2, -0.15) is 0 Å². The van der Waals surface area contributed by atoms with Crippen LogP contribution in [-0.4, -0.2) is 103 Å². The number of amides is 3. The topological polar surface area (TPSA) is 159 Å². The lowest BCUT2D eigenvalue weighted by atomic mass is 9.64. The molecule has 230 valence electrons. The van der Waals surface area contributed by atoms with Gasteiger partial charge in [-0.15, -0.1) is 0 Å². The zero-order valence-electron chi connectivity index (χ0n) is 24.5. The third kappa shape index (κ3) is 6.28. The monoisotopic (exact) mass is 594 g/mol. The van der Waals surface area contributed by atoms with E-state index in [2.05, 4.69) is 16.0 Å². The van der Waals surface area contributed by atoms with Gasteiger partial charge in [-0.3, -0.25) is 24.1 Å². The minimum absolute atomic E-state index is 0.101. The number of methoxy groups -OCH3 is 1. The van der Waals surface area contributed by atoms with Crippen LogP contribution in [0.4, 0.5) is 0 Å². The van der Waals surface area contributed by atoms with Crippen molar-refractivity contribution < 1.29 is 38.5 Å². The molecule has 1 saturated carbocycles. The zero-order chi connectivity index (χ0) is 30.8. The Balaban J connectivity index is 1.33. The number of Topliss-reactive ketones (excluding diaryl/α,β-unsaturated/α-hetero) is 1. The number of fused-ring (bicyclic) bond motifs is 1. The number of nitrogens with zero attached hydrogens (tertiary/aromatic N) is 1. The highest BCUT2D eigenvalue weighted by Gasteiger charge is 2.83. The lowest BCUT2D eigenvalue weighted by Gasteiger charge is -2.41. The average molecular weight is 595 g/mol. The van der Waals surface area contributed by atoms with Crippen molar-refractivity contribution in [2.24, 2.45) is 0 Å². The van der Waals surface area contributed by atoms with E-state index in [-0.39, 0.29) is 24.7 Å². The fraction of sp³-hybridized carbons (Fsp3) is 0.484. The van der Waals surface area contributed by atoms with Gasteiger partial charge in [-0.05, 0) is 37.1 Å². The molecule has 0 bridgehead atoms. The standard InChI is InChI=1S/C31H38N4O8/c1-19(32-23(36)18-35-13-15-42-16-14-35)26(38)33-24(25(37)21-9-11-22(41-3)12-10-21)27(39)34-31(17-20-7-5-4-6-8-20)28(40)30(2)29(31)43-30/h4-12,19,24-25,29,37H,13-18H2,1-3H3,(H,32,36)(H,33,38)(H,34,39)/t19-,24-,25+,29?,30-,31-/m0/s1. The summed E-state index contributed by atoms with van der Waals surface area (Å²) in [7, 11) is 1.51. The molecule has 12 heteroatoms. The van der Waals surface area contributed by atoms with E-state index in [0.29, 0.717) is 37.6 Å².